The largest absolute Gasteiger partial charge is 0.481 e. The van der Waals surface area contributed by atoms with Gasteiger partial charge in [0.15, 0.2) is 11.6 Å². The van der Waals surface area contributed by atoms with Crippen LogP contribution in [-0.4, -0.2) is 42.2 Å². The molecular weight excluding hydrogens is 344 g/mol. The van der Waals surface area contributed by atoms with E-state index in [-0.39, 0.29) is 18.3 Å². The first-order valence-corrected chi connectivity index (χ1v) is 8.30. The molecule has 2 aromatic rings. The van der Waals surface area contributed by atoms with Gasteiger partial charge in [-0.1, -0.05) is 12.1 Å². The molecule has 0 radical (unpaired) electrons. The Labute approximate surface area is 149 Å². The minimum atomic E-state index is -0.817. The summed E-state index contributed by atoms with van der Waals surface area (Å²) in [6.45, 7) is 2.33. The summed E-state index contributed by atoms with van der Waals surface area (Å²) >= 11 is 0. The zero-order chi connectivity index (χ0) is 18.5. The van der Waals surface area contributed by atoms with Gasteiger partial charge in [0, 0.05) is 25.7 Å². The SMILES string of the molecule is O=C(O)CCN1CCOC(c2ccc(Oc3ccc(F)cc3F)cc2)C1. The van der Waals surface area contributed by atoms with E-state index in [0.29, 0.717) is 32.0 Å². The Hall–Kier alpha value is -2.51. The van der Waals surface area contributed by atoms with E-state index in [1.807, 2.05) is 12.1 Å². The molecule has 0 spiro atoms. The molecule has 0 bridgehead atoms. The van der Waals surface area contributed by atoms with Gasteiger partial charge in [0.25, 0.3) is 0 Å². The number of benzene rings is 2. The highest BCUT2D eigenvalue weighted by atomic mass is 19.1. The molecule has 7 heteroatoms. The van der Waals surface area contributed by atoms with Crippen LogP contribution in [0.3, 0.4) is 0 Å². The van der Waals surface area contributed by atoms with Crippen LogP contribution in [0.2, 0.25) is 0 Å². The molecule has 1 heterocycles. The molecule has 1 saturated heterocycles. The van der Waals surface area contributed by atoms with Gasteiger partial charge in [-0.2, -0.15) is 0 Å². The summed E-state index contributed by atoms with van der Waals surface area (Å²) in [5, 5.41) is 8.79. The van der Waals surface area contributed by atoms with Gasteiger partial charge in [0.2, 0.25) is 0 Å². The molecule has 0 amide bonds. The smallest absolute Gasteiger partial charge is 0.304 e. The van der Waals surface area contributed by atoms with E-state index in [9.17, 15) is 13.6 Å². The molecule has 1 fully saturated rings. The maximum absolute atomic E-state index is 13.6. The van der Waals surface area contributed by atoms with Crippen molar-refractivity contribution in [3.05, 3.63) is 59.7 Å². The van der Waals surface area contributed by atoms with Crippen LogP contribution in [0.5, 0.6) is 11.5 Å². The third-order valence-corrected chi connectivity index (χ3v) is 4.17. The van der Waals surface area contributed by atoms with Crippen LogP contribution in [-0.2, 0) is 9.53 Å². The molecule has 5 nitrogen and oxygen atoms in total. The van der Waals surface area contributed by atoms with Gasteiger partial charge in [-0.05, 0) is 29.8 Å². The van der Waals surface area contributed by atoms with Gasteiger partial charge in [-0.3, -0.25) is 9.69 Å². The van der Waals surface area contributed by atoms with Gasteiger partial charge in [0.05, 0.1) is 19.1 Å². The molecule has 0 aromatic heterocycles. The average Bonchev–Trinajstić information content (AvgIpc) is 2.63. The minimum absolute atomic E-state index is 0.0482. The lowest BCUT2D eigenvalue weighted by atomic mass is 10.1. The number of carboxylic acid groups (broad SMARTS) is 1. The van der Waals surface area contributed by atoms with Crippen molar-refractivity contribution in [3.8, 4) is 11.5 Å². The summed E-state index contributed by atoms with van der Waals surface area (Å²) in [6, 6.07) is 10.2. The van der Waals surface area contributed by atoms with Gasteiger partial charge in [0.1, 0.15) is 11.6 Å². The zero-order valence-corrected chi connectivity index (χ0v) is 14.0. The summed E-state index contributed by atoms with van der Waals surface area (Å²) < 4.78 is 37.8. The molecule has 26 heavy (non-hydrogen) atoms. The molecule has 1 unspecified atom stereocenters. The van der Waals surface area contributed by atoms with Crippen LogP contribution < -0.4 is 4.74 Å². The molecule has 3 rings (SSSR count). The first kappa shape index (κ1) is 18.3. The Bertz CT molecular complexity index is 767. The summed E-state index contributed by atoms with van der Waals surface area (Å²) in [7, 11) is 0. The highest BCUT2D eigenvalue weighted by Crippen LogP contribution is 2.28. The van der Waals surface area contributed by atoms with E-state index in [4.69, 9.17) is 14.6 Å². The number of halogens is 2. The first-order valence-electron chi connectivity index (χ1n) is 8.30. The lowest BCUT2D eigenvalue weighted by Gasteiger charge is -2.32. The summed E-state index contributed by atoms with van der Waals surface area (Å²) in [4.78, 5) is 12.8. The van der Waals surface area contributed by atoms with Gasteiger partial charge >= 0.3 is 5.97 Å². The van der Waals surface area contributed by atoms with Crippen molar-refractivity contribution in [3.63, 3.8) is 0 Å². The number of rotatable bonds is 6. The van der Waals surface area contributed by atoms with E-state index in [0.717, 1.165) is 17.7 Å². The maximum atomic E-state index is 13.6. The number of morpholine rings is 1. The van der Waals surface area contributed by atoms with E-state index < -0.39 is 17.6 Å². The fourth-order valence-corrected chi connectivity index (χ4v) is 2.80. The first-order chi connectivity index (χ1) is 12.5. The Balaban J connectivity index is 1.62. The Morgan fingerprint density at radius 2 is 2.00 bits per heavy atom. The van der Waals surface area contributed by atoms with E-state index >= 15 is 0 Å². The third kappa shape index (κ3) is 4.77. The molecule has 1 N–H and O–H groups in total. The second kappa shape index (κ2) is 8.25. The second-order valence-electron chi connectivity index (χ2n) is 6.05. The number of nitrogens with zero attached hydrogens (tertiary/aromatic N) is 1. The monoisotopic (exact) mass is 363 g/mol. The molecule has 0 saturated carbocycles. The molecular formula is C19H19F2NO4. The number of ether oxygens (including phenoxy) is 2. The van der Waals surface area contributed by atoms with Crippen molar-refractivity contribution >= 4 is 5.97 Å². The standard InChI is InChI=1S/C19H19F2NO4/c20-14-3-6-17(16(21)11-14)26-15-4-1-13(2-5-15)18-12-22(9-10-25-18)8-7-19(23)24/h1-6,11,18H,7-10,12H2,(H,23,24). The van der Waals surface area contributed by atoms with Crippen molar-refractivity contribution in [2.24, 2.45) is 0 Å². The van der Waals surface area contributed by atoms with E-state index in [2.05, 4.69) is 4.90 Å². The second-order valence-corrected chi connectivity index (χ2v) is 6.05. The van der Waals surface area contributed by atoms with Crippen LogP contribution in [0, 0.1) is 11.6 Å². The van der Waals surface area contributed by atoms with Gasteiger partial charge in [-0.15, -0.1) is 0 Å². The molecule has 2 aromatic carbocycles. The van der Waals surface area contributed by atoms with Crippen molar-refractivity contribution in [1.82, 2.24) is 4.90 Å². The fraction of sp³-hybridized carbons (Fsp3) is 0.316. The number of carbonyl (C=O) groups is 1. The Kier molecular flexibility index (Phi) is 5.80. The summed E-state index contributed by atoms with van der Waals surface area (Å²) in [5.74, 6) is -1.86. The Morgan fingerprint density at radius 1 is 1.23 bits per heavy atom. The molecule has 1 aliphatic heterocycles. The number of hydrogen-bond acceptors (Lipinski definition) is 4. The van der Waals surface area contributed by atoms with Crippen molar-refractivity contribution in [2.45, 2.75) is 12.5 Å². The van der Waals surface area contributed by atoms with Crippen LogP contribution in [0.4, 0.5) is 8.78 Å². The highest BCUT2D eigenvalue weighted by molar-refractivity contribution is 5.66. The van der Waals surface area contributed by atoms with Crippen LogP contribution in [0.25, 0.3) is 0 Å². The van der Waals surface area contributed by atoms with Crippen molar-refractivity contribution in [2.75, 3.05) is 26.2 Å². The molecule has 138 valence electrons. The lowest BCUT2D eigenvalue weighted by molar-refractivity contribution is -0.137. The highest BCUT2D eigenvalue weighted by Gasteiger charge is 2.22. The van der Waals surface area contributed by atoms with Crippen molar-refractivity contribution in [1.29, 1.82) is 0 Å². The van der Waals surface area contributed by atoms with Crippen LogP contribution >= 0.6 is 0 Å². The average molecular weight is 363 g/mol. The molecule has 1 aliphatic rings. The predicted octanol–water partition coefficient (Wildman–Crippen LogP) is 3.61. The van der Waals surface area contributed by atoms with Crippen molar-refractivity contribution < 1.29 is 28.2 Å². The van der Waals surface area contributed by atoms with Gasteiger partial charge < -0.3 is 14.6 Å². The summed E-state index contributed by atoms with van der Waals surface area (Å²) in [6.07, 6.45) is -0.0583. The third-order valence-electron chi connectivity index (χ3n) is 4.17. The minimum Gasteiger partial charge on any atom is -0.481 e. The number of aliphatic carboxylic acids is 1. The summed E-state index contributed by atoms with van der Waals surface area (Å²) in [5.41, 5.74) is 0.928. The Morgan fingerprint density at radius 3 is 2.69 bits per heavy atom. The number of hydrogen-bond donors (Lipinski definition) is 1. The van der Waals surface area contributed by atoms with Crippen LogP contribution in [0.1, 0.15) is 18.1 Å². The van der Waals surface area contributed by atoms with E-state index in [1.54, 1.807) is 12.1 Å². The number of carboxylic acids is 1. The molecule has 1 atom stereocenters. The lowest BCUT2D eigenvalue weighted by Crippen LogP contribution is -2.39. The predicted molar refractivity (Wildman–Crippen MR) is 90.3 cm³/mol. The quantitative estimate of drug-likeness (QED) is 0.850. The fourth-order valence-electron chi connectivity index (χ4n) is 2.80. The maximum Gasteiger partial charge on any atom is 0.304 e. The van der Waals surface area contributed by atoms with Gasteiger partial charge in [-0.25, -0.2) is 8.78 Å². The van der Waals surface area contributed by atoms with Crippen LogP contribution in [0.15, 0.2) is 42.5 Å². The molecule has 0 aliphatic carbocycles. The van der Waals surface area contributed by atoms with E-state index in [1.165, 1.54) is 6.07 Å². The normalized spacial score (nSPS) is 17.8. The topological polar surface area (TPSA) is 59.0 Å². The zero-order valence-electron chi connectivity index (χ0n) is 14.0.